The molecule has 4 aliphatic carbocycles. The average molecular weight is 882 g/mol. The second-order valence-corrected chi connectivity index (χ2v) is 16.3. The molecule has 55 heavy (non-hydrogen) atoms. The molecular weight excluding hydrogens is 829 g/mol. The van der Waals surface area contributed by atoms with Gasteiger partial charge in [-0.15, -0.1) is 24.8 Å². The van der Waals surface area contributed by atoms with Gasteiger partial charge in [0.25, 0.3) is 0 Å². The van der Waals surface area contributed by atoms with Crippen molar-refractivity contribution in [3.8, 4) is 11.5 Å². The maximum Gasteiger partial charge on any atom is 0.156 e. The van der Waals surface area contributed by atoms with Crippen molar-refractivity contribution in [1.82, 2.24) is 9.80 Å². The Labute approximate surface area is 357 Å². The van der Waals surface area contributed by atoms with Crippen LogP contribution in [0.4, 0.5) is 0 Å². The van der Waals surface area contributed by atoms with Gasteiger partial charge in [-0.05, 0) is 85.1 Å². The van der Waals surface area contributed by atoms with Crippen LogP contribution in [-0.2, 0) is 22.4 Å². The third-order valence-electron chi connectivity index (χ3n) is 10.8. The number of halogens is 6. The summed E-state index contributed by atoms with van der Waals surface area (Å²) in [7, 11) is 7.19. The normalized spacial score (nSPS) is 20.0. The first-order valence-corrected chi connectivity index (χ1v) is 19.4. The standard InChI is InChI=1S/2C20H24Cl2N2O2.2ClH.H2O/c2*1-4-6-20-7-5-13(25)9-14(20)17-12(10-20)8-15(18(21)19(17)22)26-11-16(23)24(2)3;;;/h2*8-9,23H,4-7,10-11H2,1-3H3;2*1H;1H2. The molecule has 304 valence electrons. The minimum absolute atomic E-state index is 0. The molecule has 9 nitrogen and oxygen atoms in total. The fourth-order valence-corrected chi connectivity index (χ4v) is 9.16. The molecular formula is C40H52Cl6N4O5. The van der Waals surface area contributed by atoms with E-state index < -0.39 is 0 Å². The number of rotatable bonds is 10. The molecule has 6 rings (SSSR count). The van der Waals surface area contributed by atoms with E-state index in [2.05, 4.69) is 13.8 Å². The number of fused-ring (bicyclic) bond motifs is 6. The Morgan fingerprint density at radius 1 is 0.673 bits per heavy atom. The largest absolute Gasteiger partial charge is 0.484 e. The number of nitrogens with one attached hydrogen (secondary N) is 2. The molecule has 0 aromatic heterocycles. The Balaban J connectivity index is 0.000000360. The SMILES string of the molecule is CCCC12CCC(=O)C=C1c1c(cc(OCC(=N)N(C)C)c(Cl)c1Cl)C2.CCCC12CCC(=O)C=C1c1c(cc(OCC(=N)N(C)C)c(Cl)c1Cl)C2.Cl.Cl.O. The molecule has 4 N–H and O–H groups in total. The maximum absolute atomic E-state index is 12.1. The van der Waals surface area contributed by atoms with Crippen molar-refractivity contribution in [2.75, 3.05) is 41.4 Å². The minimum atomic E-state index is -0.0209. The van der Waals surface area contributed by atoms with Gasteiger partial charge in [0.15, 0.2) is 11.6 Å². The number of hydrogen-bond acceptors (Lipinski definition) is 6. The third-order valence-corrected chi connectivity index (χ3v) is 12.5. The van der Waals surface area contributed by atoms with Crippen molar-refractivity contribution in [1.29, 1.82) is 10.8 Å². The third kappa shape index (κ3) is 9.80. The molecule has 2 unspecified atom stereocenters. The summed E-state index contributed by atoms with van der Waals surface area (Å²) in [5.41, 5.74) is 6.04. The molecule has 0 bridgehead atoms. The number of ketones is 2. The second-order valence-electron chi connectivity index (χ2n) is 14.8. The molecule has 0 saturated carbocycles. The average Bonchev–Trinajstić information content (AvgIpc) is 3.58. The van der Waals surface area contributed by atoms with Crippen molar-refractivity contribution in [2.45, 2.75) is 78.1 Å². The Morgan fingerprint density at radius 3 is 1.33 bits per heavy atom. The first-order valence-electron chi connectivity index (χ1n) is 17.9. The summed E-state index contributed by atoms with van der Waals surface area (Å²) in [6.07, 6.45) is 12.3. The van der Waals surface area contributed by atoms with Gasteiger partial charge >= 0.3 is 0 Å². The lowest BCUT2D eigenvalue weighted by molar-refractivity contribution is -0.116. The smallest absolute Gasteiger partial charge is 0.156 e. The van der Waals surface area contributed by atoms with Crippen LogP contribution in [0.1, 0.15) is 87.5 Å². The summed E-state index contributed by atoms with van der Waals surface area (Å²) in [6.45, 7) is 4.59. The van der Waals surface area contributed by atoms with Gasteiger partial charge in [0.1, 0.15) is 46.4 Å². The monoisotopic (exact) mass is 878 g/mol. The molecule has 0 spiro atoms. The predicted molar refractivity (Wildman–Crippen MR) is 231 cm³/mol. The van der Waals surface area contributed by atoms with E-state index >= 15 is 0 Å². The zero-order chi connectivity index (χ0) is 38.1. The van der Waals surface area contributed by atoms with Crippen molar-refractivity contribution in [2.24, 2.45) is 10.8 Å². The van der Waals surface area contributed by atoms with Gasteiger partial charge in [-0.3, -0.25) is 20.4 Å². The van der Waals surface area contributed by atoms with Crippen molar-refractivity contribution in [3.63, 3.8) is 0 Å². The van der Waals surface area contributed by atoms with E-state index in [9.17, 15) is 9.59 Å². The van der Waals surface area contributed by atoms with Gasteiger partial charge in [0.05, 0.1) is 10.0 Å². The van der Waals surface area contributed by atoms with E-state index in [1.165, 1.54) is 0 Å². The highest BCUT2D eigenvalue weighted by Crippen LogP contribution is 2.59. The molecule has 0 amide bonds. The highest BCUT2D eigenvalue weighted by atomic mass is 35.5. The van der Waals surface area contributed by atoms with Crippen LogP contribution in [0.3, 0.4) is 0 Å². The van der Waals surface area contributed by atoms with Crippen LogP contribution >= 0.6 is 71.2 Å². The second kappa shape index (κ2) is 19.8. The lowest BCUT2D eigenvalue weighted by Crippen LogP contribution is -2.27. The van der Waals surface area contributed by atoms with Gasteiger partial charge in [-0.25, -0.2) is 0 Å². The fraction of sp³-hybridized carbons (Fsp3) is 0.500. The molecule has 15 heteroatoms. The topological polar surface area (TPSA) is 138 Å². The number of nitrogens with zero attached hydrogens (tertiary/aromatic N) is 2. The molecule has 0 heterocycles. The van der Waals surface area contributed by atoms with Crippen molar-refractivity contribution >= 4 is 106 Å². The number of allylic oxidation sites excluding steroid dienone is 4. The summed E-state index contributed by atoms with van der Waals surface area (Å²) in [4.78, 5) is 27.5. The van der Waals surface area contributed by atoms with Crippen molar-refractivity contribution in [3.05, 3.63) is 66.6 Å². The van der Waals surface area contributed by atoms with Crippen LogP contribution in [0.25, 0.3) is 11.1 Å². The van der Waals surface area contributed by atoms with Crippen LogP contribution in [0.2, 0.25) is 20.1 Å². The molecule has 0 fully saturated rings. The van der Waals surface area contributed by atoms with E-state index in [4.69, 9.17) is 66.7 Å². The van der Waals surface area contributed by atoms with Gasteiger partial charge < -0.3 is 24.7 Å². The number of carbonyl (C=O) groups excluding carboxylic acids is 2. The molecule has 2 aromatic rings. The van der Waals surface area contributed by atoms with Crippen molar-refractivity contribution < 1.29 is 24.5 Å². The quantitative estimate of drug-likeness (QED) is 0.180. The summed E-state index contributed by atoms with van der Waals surface area (Å²) in [5, 5.41) is 17.4. The summed E-state index contributed by atoms with van der Waals surface area (Å²) < 4.78 is 11.5. The number of carbonyl (C=O) groups is 2. The Kier molecular flexibility index (Phi) is 17.5. The van der Waals surface area contributed by atoms with Gasteiger partial charge in [0, 0.05) is 63.0 Å². The first-order chi connectivity index (χ1) is 24.6. The van der Waals surface area contributed by atoms with E-state index in [-0.39, 0.29) is 65.9 Å². The van der Waals surface area contributed by atoms with E-state index in [1.807, 2.05) is 12.1 Å². The lowest BCUT2D eigenvalue weighted by atomic mass is 9.70. The van der Waals surface area contributed by atoms with Crippen LogP contribution in [0, 0.1) is 21.6 Å². The van der Waals surface area contributed by atoms with Gasteiger partial charge in [-0.2, -0.15) is 0 Å². The van der Waals surface area contributed by atoms with E-state index in [1.54, 1.807) is 50.1 Å². The Bertz CT molecular complexity index is 1750. The van der Waals surface area contributed by atoms with Gasteiger partial charge in [0.2, 0.25) is 0 Å². The predicted octanol–water partition coefficient (Wildman–Crippen LogP) is 10.0. The Morgan fingerprint density at radius 2 is 1.02 bits per heavy atom. The zero-order valence-corrected chi connectivity index (χ0v) is 36.8. The number of likely N-dealkylation sites (N-methyl/N-ethyl adjacent to an activating group) is 2. The number of benzene rings is 2. The summed E-state index contributed by atoms with van der Waals surface area (Å²) >= 11 is 26.2. The van der Waals surface area contributed by atoms with Crippen LogP contribution < -0.4 is 9.47 Å². The highest BCUT2D eigenvalue weighted by Gasteiger charge is 2.46. The molecule has 0 aliphatic heterocycles. The van der Waals surface area contributed by atoms with Crippen LogP contribution in [0.5, 0.6) is 11.5 Å². The molecule has 0 saturated heterocycles. The van der Waals surface area contributed by atoms with Gasteiger partial charge in [-0.1, -0.05) is 73.1 Å². The highest BCUT2D eigenvalue weighted by molar-refractivity contribution is 6.45. The molecule has 4 aliphatic rings. The van der Waals surface area contributed by atoms with E-state index in [0.29, 0.717) is 56.1 Å². The molecule has 0 radical (unpaired) electrons. The summed E-state index contributed by atoms with van der Waals surface area (Å²) in [6, 6.07) is 3.88. The lowest BCUT2D eigenvalue weighted by Gasteiger charge is -2.33. The number of ether oxygens (including phenoxy) is 2. The van der Waals surface area contributed by atoms with Crippen LogP contribution in [0.15, 0.2) is 24.3 Å². The molecule has 2 aromatic carbocycles. The number of amidine groups is 2. The Hall–Kier alpha value is -2.50. The number of hydrogen-bond donors (Lipinski definition) is 2. The zero-order valence-electron chi connectivity index (χ0n) is 32.2. The first kappa shape index (κ1) is 48.6. The summed E-state index contributed by atoms with van der Waals surface area (Å²) in [5.74, 6) is 2.01. The minimum Gasteiger partial charge on any atom is -0.484 e. The molecule has 2 atom stereocenters. The fourth-order valence-electron chi connectivity index (χ4n) is 8.12. The van der Waals surface area contributed by atoms with Crippen LogP contribution in [-0.4, -0.2) is 79.9 Å². The maximum atomic E-state index is 12.1. The van der Waals surface area contributed by atoms with E-state index in [0.717, 1.165) is 84.8 Å².